The highest BCUT2D eigenvalue weighted by Gasteiger charge is 2.30. The van der Waals surface area contributed by atoms with Gasteiger partial charge >= 0.3 is 0 Å². The molecule has 0 heterocycles. The Hall–Kier alpha value is -1.26. The second kappa shape index (κ2) is 35.6. The van der Waals surface area contributed by atoms with Gasteiger partial charge in [0.05, 0.1) is 6.61 Å². The van der Waals surface area contributed by atoms with Crippen LogP contribution in [0.1, 0.15) is 201 Å². The molecule has 1 N–H and O–H groups in total. The van der Waals surface area contributed by atoms with Crippen molar-refractivity contribution in [3.05, 3.63) is 24.3 Å². The lowest BCUT2D eigenvalue weighted by molar-refractivity contribution is -0.135. The molecule has 0 aliphatic heterocycles. The molecule has 0 fully saturated rings. The molecular formula is C41H77NO3. The number of unbranched alkanes of at least 4 members (excludes halogenated alkanes) is 22. The van der Waals surface area contributed by atoms with Gasteiger partial charge in [0.15, 0.2) is 11.6 Å². The van der Waals surface area contributed by atoms with E-state index in [0.29, 0.717) is 25.9 Å². The average Bonchev–Trinajstić information content (AvgIpc) is 3.04. The number of nitrogens with zero attached hydrogens (tertiary/aromatic N) is 1. The van der Waals surface area contributed by atoms with Crippen molar-refractivity contribution in [1.29, 1.82) is 0 Å². The van der Waals surface area contributed by atoms with E-state index in [9.17, 15) is 14.7 Å². The van der Waals surface area contributed by atoms with Gasteiger partial charge in [-0.15, -0.1) is 0 Å². The first-order valence-electron chi connectivity index (χ1n) is 19.8. The predicted molar refractivity (Wildman–Crippen MR) is 197 cm³/mol. The lowest BCUT2D eigenvalue weighted by Crippen LogP contribution is -2.47. The molecule has 0 radical (unpaired) electrons. The molecule has 0 aromatic heterocycles. The number of likely N-dealkylation sites (N-methyl/N-ethyl adjacent to an activating group) is 1. The van der Waals surface area contributed by atoms with Crippen LogP contribution in [-0.2, 0) is 9.59 Å². The van der Waals surface area contributed by atoms with Gasteiger partial charge in [0.1, 0.15) is 6.04 Å². The first kappa shape index (κ1) is 43.7. The van der Waals surface area contributed by atoms with Gasteiger partial charge in [-0.25, -0.2) is 0 Å². The smallest absolute Gasteiger partial charge is 0.157 e. The SMILES string of the molecule is CCCCCCCC/C=C\CCCCCCCC(=O)C(C(=O)CCCCCCC/C=C\CCCCCCCC)N(CC)CCO. The number of allylic oxidation sites excluding steroid dienone is 4. The Morgan fingerprint density at radius 2 is 0.800 bits per heavy atom. The normalized spacial score (nSPS) is 12.0. The summed E-state index contributed by atoms with van der Waals surface area (Å²) in [7, 11) is 0. The highest BCUT2D eigenvalue weighted by Crippen LogP contribution is 2.16. The van der Waals surface area contributed by atoms with Crippen LogP contribution in [-0.4, -0.2) is 47.3 Å². The summed E-state index contributed by atoms with van der Waals surface area (Å²) in [6.07, 6.45) is 42.4. The lowest BCUT2D eigenvalue weighted by atomic mass is 9.96. The molecule has 0 bridgehead atoms. The quantitative estimate of drug-likeness (QED) is 0.0424. The van der Waals surface area contributed by atoms with Crippen LogP contribution in [0.4, 0.5) is 0 Å². The van der Waals surface area contributed by atoms with Crippen molar-refractivity contribution in [3.8, 4) is 0 Å². The van der Waals surface area contributed by atoms with E-state index in [1.807, 2.05) is 11.8 Å². The minimum absolute atomic E-state index is 0.0221. The van der Waals surface area contributed by atoms with Crippen LogP contribution in [0.25, 0.3) is 0 Å². The van der Waals surface area contributed by atoms with Gasteiger partial charge in [0, 0.05) is 19.4 Å². The third kappa shape index (κ3) is 28.7. The number of aliphatic hydroxyl groups is 1. The highest BCUT2D eigenvalue weighted by molar-refractivity contribution is 6.06. The van der Waals surface area contributed by atoms with Crippen molar-refractivity contribution >= 4 is 11.6 Å². The van der Waals surface area contributed by atoms with Gasteiger partial charge < -0.3 is 5.11 Å². The Balaban J connectivity index is 4.08. The first-order valence-corrected chi connectivity index (χ1v) is 19.8. The summed E-state index contributed by atoms with van der Waals surface area (Å²) < 4.78 is 0. The average molecular weight is 632 g/mol. The summed E-state index contributed by atoms with van der Waals surface area (Å²) in [5.74, 6) is 0.112. The van der Waals surface area contributed by atoms with Crippen LogP contribution < -0.4 is 0 Å². The first-order chi connectivity index (χ1) is 22.1. The number of hydrogen-bond donors (Lipinski definition) is 1. The van der Waals surface area contributed by atoms with Crippen molar-refractivity contribution in [1.82, 2.24) is 4.90 Å². The lowest BCUT2D eigenvalue weighted by Gasteiger charge is -2.28. The van der Waals surface area contributed by atoms with Gasteiger partial charge in [0.2, 0.25) is 0 Å². The van der Waals surface area contributed by atoms with Crippen LogP contribution >= 0.6 is 0 Å². The Labute approximate surface area is 281 Å². The van der Waals surface area contributed by atoms with Crippen LogP contribution in [0.3, 0.4) is 0 Å². The van der Waals surface area contributed by atoms with Crippen LogP contribution in [0.5, 0.6) is 0 Å². The molecule has 0 aliphatic rings. The third-order valence-electron chi connectivity index (χ3n) is 9.14. The van der Waals surface area contributed by atoms with Gasteiger partial charge in [-0.2, -0.15) is 0 Å². The molecule has 264 valence electrons. The van der Waals surface area contributed by atoms with Gasteiger partial charge in [0.25, 0.3) is 0 Å². The van der Waals surface area contributed by atoms with Crippen molar-refractivity contribution in [3.63, 3.8) is 0 Å². The summed E-state index contributed by atoms with van der Waals surface area (Å²) >= 11 is 0. The third-order valence-corrected chi connectivity index (χ3v) is 9.14. The molecular weight excluding hydrogens is 554 g/mol. The Morgan fingerprint density at radius 3 is 1.11 bits per heavy atom. The zero-order valence-electron chi connectivity index (χ0n) is 30.5. The monoisotopic (exact) mass is 632 g/mol. The fourth-order valence-electron chi connectivity index (χ4n) is 6.20. The molecule has 0 aromatic rings. The second-order valence-electron chi connectivity index (χ2n) is 13.4. The number of rotatable bonds is 36. The minimum Gasteiger partial charge on any atom is -0.395 e. The molecule has 0 amide bonds. The summed E-state index contributed by atoms with van der Waals surface area (Å²) in [4.78, 5) is 28.3. The number of Topliss-reactive ketones (excluding diaryl/α,β-unsaturated/α-hetero) is 2. The van der Waals surface area contributed by atoms with E-state index in [-0.39, 0.29) is 18.2 Å². The van der Waals surface area contributed by atoms with Crippen LogP contribution in [0, 0.1) is 0 Å². The maximum absolute atomic E-state index is 13.2. The van der Waals surface area contributed by atoms with Crippen molar-refractivity contribution in [2.45, 2.75) is 207 Å². The highest BCUT2D eigenvalue weighted by atomic mass is 16.3. The molecule has 0 spiro atoms. The zero-order chi connectivity index (χ0) is 33.1. The van der Waals surface area contributed by atoms with Crippen molar-refractivity contribution < 1.29 is 14.7 Å². The Kier molecular flexibility index (Phi) is 34.6. The second-order valence-corrected chi connectivity index (χ2v) is 13.4. The zero-order valence-corrected chi connectivity index (χ0v) is 30.5. The van der Waals surface area contributed by atoms with Crippen LogP contribution in [0.2, 0.25) is 0 Å². The molecule has 4 heteroatoms. The fourth-order valence-corrected chi connectivity index (χ4v) is 6.20. The van der Waals surface area contributed by atoms with E-state index < -0.39 is 6.04 Å². The number of carbonyl (C=O) groups excluding carboxylic acids is 2. The number of ketones is 2. The molecule has 4 nitrogen and oxygen atoms in total. The Bertz CT molecular complexity index is 649. The minimum atomic E-state index is -0.671. The van der Waals surface area contributed by atoms with E-state index >= 15 is 0 Å². The topological polar surface area (TPSA) is 57.6 Å². The summed E-state index contributed by atoms with van der Waals surface area (Å²) in [6.45, 7) is 7.49. The summed E-state index contributed by atoms with van der Waals surface area (Å²) in [5.41, 5.74) is 0. The maximum atomic E-state index is 13.2. The van der Waals surface area contributed by atoms with Gasteiger partial charge in [-0.3, -0.25) is 14.5 Å². The molecule has 0 aromatic carbocycles. The van der Waals surface area contributed by atoms with Gasteiger partial charge in [-0.05, 0) is 70.8 Å². The number of aliphatic hydroxyl groups excluding tert-OH is 1. The summed E-state index contributed by atoms with van der Waals surface area (Å²) in [5, 5.41) is 9.54. The summed E-state index contributed by atoms with van der Waals surface area (Å²) in [6, 6.07) is -0.671. The molecule has 0 atom stereocenters. The molecule has 0 aliphatic carbocycles. The van der Waals surface area contributed by atoms with Crippen LogP contribution in [0.15, 0.2) is 24.3 Å². The fraction of sp³-hybridized carbons (Fsp3) is 0.854. The molecule has 0 rings (SSSR count). The number of carbonyl (C=O) groups is 2. The standard InChI is InChI=1S/C41H77NO3/c1-4-7-9-11-13-15-17-19-21-23-25-27-29-31-33-35-39(44)41(42(6-3)37-38-43)40(45)36-34-32-30-28-26-24-22-20-18-16-14-12-10-8-5-2/h19-22,41,43H,4-18,23-38H2,1-3H3/b21-19-,22-20-. The van der Waals surface area contributed by atoms with E-state index in [0.717, 1.165) is 51.4 Å². The van der Waals surface area contributed by atoms with Crippen molar-refractivity contribution in [2.75, 3.05) is 19.7 Å². The largest absolute Gasteiger partial charge is 0.395 e. The van der Waals surface area contributed by atoms with Gasteiger partial charge in [-0.1, -0.05) is 148 Å². The van der Waals surface area contributed by atoms with E-state index in [2.05, 4.69) is 38.2 Å². The van der Waals surface area contributed by atoms with E-state index in [4.69, 9.17) is 0 Å². The predicted octanol–water partition coefficient (Wildman–Crippen LogP) is 11.9. The van der Waals surface area contributed by atoms with E-state index in [1.165, 1.54) is 116 Å². The van der Waals surface area contributed by atoms with E-state index in [1.54, 1.807) is 0 Å². The maximum Gasteiger partial charge on any atom is 0.157 e. The molecule has 0 unspecified atom stereocenters. The Morgan fingerprint density at radius 1 is 0.489 bits per heavy atom. The molecule has 0 saturated heterocycles. The molecule has 0 saturated carbocycles. The molecule has 45 heavy (non-hydrogen) atoms. The van der Waals surface area contributed by atoms with Crippen molar-refractivity contribution in [2.24, 2.45) is 0 Å². The number of hydrogen-bond acceptors (Lipinski definition) is 4.